The number of fused-ring (bicyclic) bond motifs is 1. The fraction of sp³-hybridized carbons (Fsp3) is 0.688. The molecular formula is C16H30N2. The van der Waals surface area contributed by atoms with E-state index >= 15 is 0 Å². The molecule has 104 valence electrons. The second-order valence-electron chi connectivity index (χ2n) is 5.27. The molecule has 0 saturated heterocycles. The van der Waals surface area contributed by atoms with Gasteiger partial charge in [0.05, 0.1) is 11.9 Å². The first-order chi connectivity index (χ1) is 8.52. The number of nitrogens with zero attached hydrogens (tertiary/aromatic N) is 2. The molecule has 0 bridgehead atoms. The van der Waals surface area contributed by atoms with Gasteiger partial charge in [0.2, 0.25) is 0 Å². The number of aryl methyl sites for hydroxylation is 1. The van der Waals surface area contributed by atoms with E-state index in [2.05, 4.69) is 56.6 Å². The van der Waals surface area contributed by atoms with E-state index in [0.717, 1.165) is 18.8 Å². The maximum Gasteiger partial charge on any atom is 0.0641 e. The Hall–Kier alpha value is -1.05. The summed E-state index contributed by atoms with van der Waals surface area (Å²) >= 11 is 0. The zero-order chi connectivity index (χ0) is 14.1. The van der Waals surface area contributed by atoms with Gasteiger partial charge in [-0.2, -0.15) is 5.10 Å². The van der Waals surface area contributed by atoms with Crippen LogP contribution in [0.5, 0.6) is 0 Å². The van der Waals surface area contributed by atoms with Gasteiger partial charge in [-0.05, 0) is 44.2 Å². The highest BCUT2D eigenvalue weighted by Crippen LogP contribution is 2.20. The van der Waals surface area contributed by atoms with E-state index in [9.17, 15) is 0 Å². The highest BCUT2D eigenvalue weighted by Gasteiger charge is 2.11. The predicted octanol–water partition coefficient (Wildman–Crippen LogP) is 5.11. The predicted molar refractivity (Wildman–Crippen MR) is 81.8 cm³/mol. The molecule has 0 spiro atoms. The van der Waals surface area contributed by atoms with E-state index < -0.39 is 0 Å². The van der Waals surface area contributed by atoms with Crippen LogP contribution in [0.15, 0.2) is 12.3 Å². The van der Waals surface area contributed by atoms with Gasteiger partial charge in [0.15, 0.2) is 0 Å². The molecule has 0 aliphatic heterocycles. The van der Waals surface area contributed by atoms with Gasteiger partial charge < -0.3 is 0 Å². The standard InChI is InChI=1S/C10H14N2.C4H10.C2H6/c1-8(2)12-10-6-4-3-5-9(10)7-11-12;1-4(2)3;1-2/h4,6-8H,3,5H2,1-2H3;4H,1-3H3;1-2H3. The maximum atomic E-state index is 4.36. The molecule has 0 radical (unpaired) electrons. The lowest BCUT2D eigenvalue weighted by Gasteiger charge is -2.11. The van der Waals surface area contributed by atoms with E-state index in [-0.39, 0.29) is 0 Å². The van der Waals surface area contributed by atoms with Crippen LogP contribution in [-0.4, -0.2) is 9.78 Å². The Morgan fingerprint density at radius 3 is 2.17 bits per heavy atom. The lowest BCUT2D eigenvalue weighted by atomic mass is 10.0. The van der Waals surface area contributed by atoms with E-state index in [1.165, 1.54) is 11.3 Å². The maximum absolute atomic E-state index is 4.36. The van der Waals surface area contributed by atoms with Gasteiger partial charge in [-0.3, -0.25) is 4.68 Å². The van der Waals surface area contributed by atoms with Crippen LogP contribution >= 0.6 is 0 Å². The van der Waals surface area contributed by atoms with Crippen LogP contribution in [-0.2, 0) is 6.42 Å². The van der Waals surface area contributed by atoms with Crippen molar-refractivity contribution in [3.8, 4) is 0 Å². The fourth-order valence-electron chi connectivity index (χ4n) is 1.63. The zero-order valence-corrected chi connectivity index (χ0v) is 13.2. The molecule has 2 nitrogen and oxygen atoms in total. The molecule has 1 aromatic rings. The molecule has 2 heteroatoms. The van der Waals surface area contributed by atoms with Gasteiger partial charge in [0.1, 0.15) is 0 Å². The van der Waals surface area contributed by atoms with Crippen molar-refractivity contribution < 1.29 is 0 Å². The van der Waals surface area contributed by atoms with Crippen molar-refractivity contribution >= 4 is 6.08 Å². The second-order valence-corrected chi connectivity index (χ2v) is 5.27. The van der Waals surface area contributed by atoms with Crippen molar-refractivity contribution in [3.63, 3.8) is 0 Å². The Labute approximate surface area is 113 Å². The minimum atomic E-state index is 0.469. The van der Waals surface area contributed by atoms with Crippen LogP contribution in [0.3, 0.4) is 0 Å². The lowest BCUT2D eigenvalue weighted by Crippen LogP contribution is -2.06. The molecule has 0 unspecified atom stereocenters. The molecule has 1 aliphatic carbocycles. The third kappa shape index (κ3) is 5.52. The Kier molecular flexibility index (Phi) is 8.43. The van der Waals surface area contributed by atoms with Crippen LogP contribution in [0.2, 0.25) is 0 Å². The summed E-state index contributed by atoms with van der Waals surface area (Å²) in [5.41, 5.74) is 2.70. The highest BCUT2D eigenvalue weighted by atomic mass is 15.3. The first-order valence-corrected chi connectivity index (χ1v) is 7.25. The number of hydrogen-bond donors (Lipinski definition) is 0. The number of allylic oxidation sites excluding steroid dienone is 1. The first kappa shape index (κ1) is 16.9. The van der Waals surface area contributed by atoms with Crippen molar-refractivity contribution in [3.05, 3.63) is 23.5 Å². The average molecular weight is 250 g/mol. The first-order valence-electron chi connectivity index (χ1n) is 7.25. The van der Waals surface area contributed by atoms with Crippen LogP contribution in [0, 0.1) is 5.92 Å². The monoisotopic (exact) mass is 250 g/mol. The summed E-state index contributed by atoms with van der Waals surface area (Å²) in [5, 5.41) is 4.36. The Morgan fingerprint density at radius 2 is 1.67 bits per heavy atom. The largest absolute Gasteiger partial charge is 0.263 e. The number of rotatable bonds is 1. The van der Waals surface area contributed by atoms with Crippen molar-refractivity contribution in [2.45, 2.75) is 67.3 Å². The molecule has 0 aromatic carbocycles. The van der Waals surface area contributed by atoms with Crippen molar-refractivity contribution in [2.24, 2.45) is 5.92 Å². The van der Waals surface area contributed by atoms with Crippen LogP contribution in [0.4, 0.5) is 0 Å². The normalized spacial score (nSPS) is 12.5. The topological polar surface area (TPSA) is 17.8 Å². The van der Waals surface area contributed by atoms with E-state index in [1.54, 1.807) is 0 Å². The van der Waals surface area contributed by atoms with Crippen LogP contribution in [0.1, 0.15) is 72.2 Å². The smallest absolute Gasteiger partial charge is 0.0641 e. The van der Waals surface area contributed by atoms with Gasteiger partial charge in [-0.15, -0.1) is 0 Å². The van der Waals surface area contributed by atoms with Crippen molar-refractivity contribution in [2.75, 3.05) is 0 Å². The summed E-state index contributed by atoms with van der Waals surface area (Å²) in [6.45, 7) is 14.8. The minimum Gasteiger partial charge on any atom is -0.263 e. The number of hydrogen-bond acceptors (Lipinski definition) is 1. The van der Waals surface area contributed by atoms with Gasteiger partial charge in [-0.25, -0.2) is 0 Å². The molecule has 0 saturated carbocycles. The molecule has 0 fully saturated rings. The van der Waals surface area contributed by atoms with Gasteiger partial charge in [-0.1, -0.05) is 40.7 Å². The fourth-order valence-corrected chi connectivity index (χ4v) is 1.63. The molecule has 1 aliphatic rings. The summed E-state index contributed by atoms with van der Waals surface area (Å²) in [5.74, 6) is 0.833. The average Bonchev–Trinajstić information content (AvgIpc) is 2.74. The quantitative estimate of drug-likeness (QED) is 0.677. The van der Waals surface area contributed by atoms with E-state index in [0.29, 0.717) is 6.04 Å². The molecule has 1 heterocycles. The molecule has 1 aromatic heterocycles. The lowest BCUT2D eigenvalue weighted by molar-refractivity contribution is 0.527. The molecule has 0 amide bonds. The molecule has 18 heavy (non-hydrogen) atoms. The van der Waals surface area contributed by atoms with E-state index in [4.69, 9.17) is 0 Å². The summed E-state index contributed by atoms with van der Waals surface area (Å²) in [6, 6.07) is 0.469. The van der Waals surface area contributed by atoms with Crippen LogP contribution in [0.25, 0.3) is 6.08 Å². The third-order valence-electron chi connectivity index (χ3n) is 2.26. The molecular weight excluding hydrogens is 220 g/mol. The molecule has 0 atom stereocenters. The zero-order valence-electron chi connectivity index (χ0n) is 13.2. The Balaban J connectivity index is 0.000000415. The Morgan fingerprint density at radius 1 is 1.11 bits per heavy atom. The van der Waals surface area contributed by atoms with Gasteiger partial charge >= 0.3 is 0 Å². The molecule has 0 N–H and O–H groups in total. The summed E-state index contributed by atoms with van der Waals surface area (Å²) in [4.78, 5) is 0. The van der Waals surface area contributed by atoms with Crippen LogP contribution < -0.4 is 0 Å². The number of aromatic nitrogens is 2. The van der Waals surface area contributed by atoms with Crippen molar-refractivity contribution in [1.82, 2.24) is 9.78 Å². The SMILES string of the molecule is CC.CC(C)C.CC(C)n1ncc2c1C=CCC2. The minimum absolute atomic E-state index is 0.469. The summed E-state index contributed by atoms with van der Waals surface area (Å²) < 4.78 is 2.09. The Bertz CT molecular complexity index is 343. The van der Waals surface area contributed by atoms with Gasteiger partial charge in [0.25, 0.3) is 0 Å². The summed E-state index contributed by atoms with van der Waals surface area (Å²) in [6.07, 6.45) is 8.73. The van der Waals surface area contributed by atoms with Crippen molar-refractivity contribution in [1.29, 1.82) is 0 Å². The highest BCUT2D eigenvalue weighted by molar-refractivity contribution is 5.52. The van der Waals surface area contributed by atoms with E-state index in [1.807, 2.05) is 20.0 Å². The third-order valence-corrected chi connectivity index (χ3v) is 2.26. The van der Waals surface area contributed by atoms with Gasteiger partial charge in [0, 0.05) is 6.04 Å². The molecule has 2 rings (SSSR count). The summed E-state index contributed by atoms with van der Waals surface area (Å²) in [7, 11) is 0. The second kappa shape index (κ2) is 8.96.